The first-order valence-electron chi connectivity index (χ1n) is 8.57. The Kier molecular flexibility index (Phi) is 10.0. The molecule has 0 saturated carbocycles. The van der Waals surface area contributed by atoms with Crippen LogP contribution in [0.1, 0.15) is 19.0 Å². The average molecular weight is 414 g/mol. The molecule has 0 aromatic carbocycles. The Bertz CT molecular complexity index is 668. The van der Waals surface area contributed by atoms with E-state index >= 15 is 0 Å². The summed E-state index contributed by atoms with van der Waals surface area (Å²) in [6, 6.07) is -3.02. The summed E-state index contributed by atoms with van der Waals surface area (Å²) < 4.78 is 0. The molecule has 3 atom stereocenters. The number of imidazole rings is 1. The fraction of sp³-hybridized carbons (Fsp3) is 0.562. The molecule has 0 bridgehead atoms. The van der Waals surface area contributed by atoms with Gasteiger partial charge in [0.2, 0.25) is 17.7 Å². The van der Waals surface area contributed by atoms with E-state index < -0.39 is 41.8 Å². The van der Waals surface area contributed by atoms with Crippen molar-refractivity contribution in [2.75, 3.05) is 18.6 Å². The molecule has 28 heavy (non-hydrogen) atoms. The molecule has 0 fully saturated rings. The first-order chi connectivity index (χ1) is 13.3. The monoisotopic (exact) mass is 414 g/mol. The molecule has 0 spiro atoms. The topological polar surface area (TPSA) is 179 Å². The van der Waals surface area contributed by atoms with Gasteiger partial charge in [-0.05, 0) is 25.4 Å². The third-order valence-electron chi connectivity index (χ3n) is 3.79. The summed E-state index contributed by atoms with van der Waals surface area (Å²) in [5, 5.41) is 16.6. The predicted octanol–water partition coefficient (Wildman–Crippen LogP) is -1.78. The summed E-state index contributed by atoms with van der Waals surface area (Å²) >= 11 is 1.46. The van der Waals surface area contributed by atoms with Crippen molar-refractivity contribution in [1.29, 1.82) is 0 Å². The molecule has 0 aliphatic rings. The number of hydrogen-bond acceptors (Lipinski definition) is 7. The van der Waals surface area contributed by atoms with Crippen molar-refractivity contribution < 1.29 is 24.3 Å². The van der Waals surface area contributed by atoms with E-state index in [9.17, 15) is 24.3 Å². The minimum atomic E-state index is -1.15. The number of aromatic nitrogens is 2. The van der Waals surface area contributed by atoms with Crippen LogP contribution in [0.3, 0.4) is 0 Å². The molecule has 1 aromatic rings. The third-order valence-corrected chi connectivity index (χ3v) is 4.44. The summed E-state index contributed by atoms with van der Waals surface area (Å²) in [7, 11) is 0. The van der Waals surface area contributed by atoms with E-state index in [1.807, 2.05) is 6.26 Å². The van der Waals surface area contributed by atoms with Gasteiger partial charge in [-0.15, -0.1) is 0 Å². The quantitative estimate of drug-likeness (QED) is 0.232. The molecule has 0 radical (unpaired) electrons. The van der Waals surface area contributed by atoms with Crippen LogP contribution in [0.2, 0.25) is 0 Å². The molecule has 3 unspecified atom stereocenters. The number of hydrogen-bond donors (Lipinski definition) is 6. The van der Waals surface area contributed by atoms with E-state index in [0.717, 1.165) is 0 Å². The van der Waals surface area contributed by atoms with Crippen molar-refractivity contribution in [2.24, 2.45) is 5.73 Å². The summed E-state index contributed by atoms with van der Waals surface area (Å²) in [5.41, 5.74) is 5.89. The van der Waals surface area contributed by atoms with Crippen LogP contribution >= 0.6 is 11.8 Å². The zero-order valence-electron chi connectivity index (χ0n) is 15.7. The van der Waals surface area contributed by atoms with Gasteiger partial charge < -0.3 is 31.8 Å². The first kappa shape index (κ1) is 23.4. The lowest BCUT2D eigenvalue weighted by Crippen LogP contribution is -2.55. The first-order valence-corrected chi connectivity index (χ1v) is 9.97. The number of H-pyrrole nitrogens is 1. The van der Waals surface area contributed by atoms with E-state index in [2.05, 4.69) is 25.9 Å². The molecule has 156 valence electrons. The fourth-order valence-corrected chi connectivity index (χ4v) is 2.72. The number of carbonyl (C=O) groups is 4. The number of aromatic amines is 1. The third kappa shape index (κ3) is 7.96. The Morgan fingerprint density at radius 3 is 2.46 bits per heavy atom. The van der Waals surface area contributed by atoms with Crippen molar-refractivity contribution in [3.8, 4) is 0 Å². The minimum absolute atomic E-state index is 0.122. The van der Waals surface area contributed by atoms with Crippen LogP contribution in [-0.4, -0.2) is 75.4 Å². The van der Waals surface area contributed by atoms with Gasteiger partial charge in [-0.3, -0.25) is 14.4 Å². The van der Waals surface area contributed by atoms with E-state index in [0.29, 0.717) is 11.4 Å². The largest absolute Gasteiger partial charge is 0.480 e. The van der Waals surface area contributed by atoms with E-state index in [1.54, 1.807) is 0 Å². The number of nitrogens with two attached hydrogens (primary N) is 1. The fourth-order valence-electron chi connectivity index (χ4n) is 2.25. The van der Waals surface area contributed by atoms with Gasteiger partial charge in [-0.25, -0.2) is 9.78 Å². The van der Waals surface area contributed by atoms with Crippen LogP contribution in [0.5, 0.6) is 0 Å². The zero-order chi connectivity index (χ0) is 21.1. The number of carboxylic acid groups (broad SMARTS) is 1. The van der Waals surface area contributed by atoms with Crippen LogP contribution in [-0.2, 0) is 25.6 Å². The van der Waals surface area contributed by atoms with Gasteiger partial charge in [0.05, 0.1) is 12.9 Å². The number of nitrogens with zero attached hydrogens (tertiary/aromatic N) is 1. The second kappa shape index (κ2) is 12.0. The minimum Gasteiger partial charge on any atom is -0.480 e. The Morgan fingerprint density at radius 1 is 1.21 bits per heavy atom. The molecule has 1 heterocycles. The molecule has 0 saturated heterocycles. The molecule has 0 aliphatic carbocycles. The van der Waals surface area contributed by atoms with Crippen LogP contribution in [0.15, 0.2) is 12.5 Å². The number of aliphatic carboxylic acids is 1. The highest BCUT2D eigenvalue weighted by atomic mass is 32.2. The van der Waals surface area contributed by atoms with Crippen LogP contribution in [0.4, 0.5) is 0 Å². The zero-order valence-corrected chi connectivity index (χ0v) is 16.5. The van der Waals surface area contributed by atoms with Gasteiger partial charge in [0.15, 0.2) is 0 Å². The van der Waals surface area contributed by atoms with Crippen molar-refractivity contribution in [1.82, 2.24) is 25.9 Å². The highest BCUT2D eigenvalue weighted by molar-refractivity contribution is 7.98. The van der Waals surface area contributed by atoms with Crippen LogP contribution in [0.25, 0.3) is 0 Å². The lowest BCUT2D eigenvalue weighted by molar-refractivity contribution is -0.142. The van der Waals surface area contributed by atoms with Crippen molar-refractivity contribution in [2.45, 2.75) is 37.9 Å². The summed E-state index contributed by atoms with van der Waals surface area (Å²) in [5.74, 6) is -2.34. The van der Waals surface area contributed by atoms with Crippen molar-refractivity contribution >= 4 is 35.5 Å². The number of rotatable bonds is 12. The van der Waals surface area contributed by atoms with Gasteiger partial charge in [-0.1, -0.05) is 0 Å². The van der Waals surface area contributed by atoms with Crippen molar-refractivity contribution in [3.63, 3.8) is 0 Å². The summed E-state index contributed by atoms with van der Waals surface area (Å²) in [6.45, 7) is 1.14. The number of carboxylic acids is 1. The average Bonchev–Trinajstić information content (AvgIpc) is 3.16. The lowest BCUT2D eigenvalue weighted by atomic mass is 10.1. The predicted molar refractivity (Wildman–Crippen MR) is 103 cm³/mol. The molecule has 1 rings (SSSR count). The second-order valence-corrected chi connectivity index (χ2v) is 7.00. The molecule has 7 N–H and O–H groups in total. The van der Waals surface area contributed by atoms with E-state index in [-0.39, 0.29) is 19.4 Å². The standard InChI is InChI=1S/C16H26N6O5S/c1-9(14(24)22-11(16(26)27)3-4-28-2)20-15(25)12(21-13(23)6-17)5-10-7-18-8-19-10/h7-9,11-12H,3-6,17H2,1-2H3,(H,18,19)(H,20,25)(H,21,23)(H,22,24)(H,26,27). The van der Waals surface area contributed by atoms with Crippen molar-refractivity contribution in [3.05, 3.63) is 18.2 Å². The van der Waals surface area contributed by atoms with Crippen LogP contribution in [0, 0.1) is 0 Å². The molecular weight excluding hydrogens is 388 g/mol. The van der Waals surface area contributed by atoms with Gasteiger partial charge >= 0.3 is 5.97 Å². The highest BCUT2D eigenvalue weighted by Crippen LogP contribution is 2.03. The van der Waals surface area contributed by atoms with E-state index in [4.69, 9.17) is 5.73 Å². The second-order valence-electron chi connectivity index (χ2n) is 6.02. The summed E-state index contributed by atoms with van der Waals surface area (Å²) in [4.78, 5) is 54.3. The van der Waals surface area contributed by atoms with Gasteiger partial charge in [0.1, 0.15) is 18.1 Å². The number of amides is 3. The summed E-state index contributed by atoms with van der Waals surface area (Å²) in [6.07, 6.45) is 5.16. The maximum Gasteiger partial charge on any atom is 0.326 e. The number of nitrogens with one attached hydrogen (secondary N) is 4. The molecule has 3 amide bonds. The Labute approximate surface area is 166 Å². The molecule has 12 heteroatoms. The normalized spacial score (nSPS) is 13.8. The van der Waals surface area contributed by atoms with Gasteiger partial charge in [0, 0.05) is 18.3 Å². The molecule has 0 aliphatic heterocycles. The Morgan fingerprint density at radius 2 is 1.93 bits per heavy atom. The molecule has 1 aromatic heterocycles. The molecular formula is C16H26N6O5S. The smallest absolute Gasteiger partial charge is 0.326 e. The van der Waals surface area contributed by atoms with Crippen LogP contribution < -0.4 is 21.7 Å². The Balaban J connectivity index is 2.71. The molecule has 11 nitrogen and oxygen atoms in total. The lowest BCUT2D eigenvalue weighted by Gasteiger charge is -2.22. The van der Waals surface area contributed by atoms with Gasteiger partial charge in [-0.2, -0.15) is 11.8 Å². The highest BCUT2D eigenvalue weighted by Gasteiger charge is 2.27. The Hall–Kier alpha value is -2.60. The number of thioether (sulfide) groups is 1. The maximum atomic E-state index is 12.5. The van der Waals surface area contributed by atoms with Gasteiger partial charge in [0.25, 0.3) is 0 Å². The van der Waals surface area contributed by atoms with E-state index in [1.165, 1.54) is 31.2 Å². The number of carbonyl (C=O) groups excluding carboxylic acids is 3. The maximum absolute atomic E-state index is 12.5. The SMILES string of the molecule is CSCCC(NC(=O)C(C)NC(=O)C(Cc1cnc[nH]1)NC(=O)CN)C(=O)O.